The van der Waals surface area contributed by atoms with Crippen molar-refractivity contribution in [2.45, 2.75) is 19.3 Å². The molecule has 5 nitrogen and oxygen atoms in total. The van der Waals surface area contributed by atoms with E-state index in [2.05, 4.69) is 40.0 Å². The highest BCUT2D eigenvalue weighted by Crippen LogP contribution is 2.18. The van der Waals surface area contributed by atoms with Crippen LogP contribution in [0.25, 0.3) is 10.9 Å². The molecule has 2 heterocycles. The van der Waals surface area contributed by atoms with Crippen LogP contribution in [0.3, 0.4) is 0 Å². The molecule has 5 heteroatoms. The summed E-state index contributed by atoms with van der Waals surface area (Å²) in [6.45, 7) is 2.97. The van der Waals surface area contributed by atoms with Gasteiger partial charge >= 0.3 is 6.03 Å². The van der Waals surface area contributed by atoms with E-state index in [0.717, 1.165) is 32.5 Å². The molecule has 3 N–H and O–H groups in total. The molecule has 22 heavy (non-hydrogen) atoms. The van der Waals surface area contributed by atoms with Gasteiger partial charge in [0.1, 0.15) is 0 Å². The smallest absolute Gasteiger partial charge is 0.314 e. The van der Waals surface area contributed by atoms with Crippen molar-refractivity contribution in [2.24, 2.45) is 5.92 Å². The van der Waals surface area contributed by atoms with Gasteiger partial charge in [0, 0.05) is 42.7 Å². The minimum absolute atomic E-state index is 0.0779. The summed E-state index contributed by atoms with van der Waals surface area (Å²) in [7, 11) is 0. The van der Waals surface area contributed by atoms with Crippen LogP contribution in [0.1, 0.15) is 18.4 Å². The Labute approximate surface area is 130 Å². The lowest BCUT2D eigenvalue weighted by atomic mass is 10.1. The van der Waals surface area contributed by atoms with Gasteiger partial charge in [-0.05, 0) is 30.9 Å². The Morgan fingerprint density at radius 3 is 3.09 bits per heavy atom. The first-order chi connectivity index (χ1) is 10.8. The molecular weight excluding hydrogens is 278 g/mol. The lowest BCUT2D eigenvalue weighted by Crippen LogP contribution is -2.38. The number of aromatic nitrogens is 1. The maximum absolute atomic E-state index is 11.7. The molecule has 1 aliphatic heterocycles. The Morgan fingerprint density at radius 2 is 2.23 bits per heavy atom. The van der Waals surface area contributed by atoms with E-state index >= 15 is 0 Å². The average molecular weight is 301 g/mol. The first-order valence-electron chi connectivity index (χ1n) is 7.97. The molecule has 1 fully saturated rings. The second-order valence-corrected chi connectivity index (χ2v) is 5.83. The number of benzene rings is 1. The minimum Gasteiger partial charge on any atom is -0.381 e. The molecule has 0 aliphatic carbocycles. The van der Waals surface area contributed by atoms with E-state index in [9.17, 15) is 4.79 Å². The Morgan fingerprint density at radius 1 is 1.32 bits per heavy atom. The topological polar surface area (TPSA) is 66.2 Å². The van der Waals surface area contributed by atoms with Gasteiger partial charge in [-0.25, -0.2) is 4.79 Å². The molecule has 1 aromatic carbocycles. The molecule has 3 rings (SSSR count). The van der Waals surface area contributed by atoms with E-state index in [1.54, 1.807) is 0 Å². The zero-order valence-electron chi connectivity index (χ0n) is 12.7. The molecule has 1 aromatic heterocycles. The first kappa shape index (κ1) is 14.9. The normalized spacial score (nSPS) is 17.7. The summed E-state index contributed by atoms with van der Waals surface area (Å²) in [6, 6.07) is 8.22. The van der Waals surface area contributed by atoms with Gasteiger partial charge < -0.3 is 20.4 Å². The lowest BCUT2D eigenvalue weighted by Gasteiger charge is -2.10. The predicted octanol–water partition coefficient (Wildman–Crippen LogP) is 2.44. The third kappa shape index (κ3) is 3.80. The third-order valence-electron chi connectivity index (χ3n) is 4.16. The van der Waals surface area contributed by atoms with Gasteiger partial charge in [-0.2, -0.15) is 0 Å². The van der Waals surface area contributed by atoms with E-state index < -0.39 is 0 Å². The maximum atomic E-state index is 11.7. The maximum Gasteiger partial charge on any atom is 0.314 e. The molecule has 2 amide bonds. The van der Waals surface area contributed by atoms with Gasteiger partial charge in [-0.1, -0.05) is 18.2 Å². The second-order valence-electron chi connectivity index (χ2n) is 5.83. The molecular formula is C17H23N3O2. The summed E-state index contributed by atoms with van der Waals surface area (Å²) in [5, 5.41) is 7.10. The number of carbonyl (C=O) groups excluding carboxylic acids is 1. The van der Waals surface area contributed by atoms with E-state index in [1.807, 2.05) is 6.07 Å². The fourth-order valence-electron chi connectivity index (χ4n) is 2.86. The van der Waals surface area contributed by atoms with Crippen molar-refractivity contribution in [3.05, 3.63) is 36.0 Å². The van der Waals surface area contributed by atoms with Gasteiger partial charge in [0.05, 0.1) is 6.61 Å². The van der Waals surface area contributed by atoms with E-state index in [0.29, 0.717) is 19.0 Å². The first-order valence-corrected chi connectivity index (χ1v) is 7.97. The Hall–Kier alpha value is -2.01. The lowest BCUT2D eigenvalue weighted by molar-refractivity contribution is 0.185. The van der Waals surface area contributed by atoms with Gasteiger partial charge in [0.25, 0.3) is 0 Å². The van der Waals surface area contributed by atoms with Gasteiger partial charge in [-0.3, -0.25) is 0 Å². The number of carbonyl (C=O) groups is 1. The highest BCUT2D eigenvalue weighted by atomic mass is 16.5. The zero-order chi connectivity index (χ0) is 15.2. The van der Waals surface area contributed by atoms with E-state index in [-0.39, 0.29) is 6.03 Å². The van der Waals surface area contributed by atoms with Crippen LogP contribution in [0.2, 0.25) is 0 Å². The van der Waals surface area contributed by atoms with Crippen molar-refractivity contribution in [2.75, 3.05) is 26.3 Å². The molecule has 0 unspecified atom stereocenters. The van der Waals surface area contributed by atoms with Crippen molar-refractivity contribution in [3.63, 3.8) is 0 Å². The third-order valence-corrected chi connectivity index (χ3v) is 4.16. The molecule has 1 atom stereocenters. The fraction of sp³-hybridized carbons (Fsp3) is 0.471. The second kappa shape index (κ2) is 7.31. The minimum atomic E-state index is -0.0779. The number of H-pyrrole nitrogens is 1. The monoisotopic (exact) mass is 301 g/mol. The number of para-hydroxylation sites is 1. The SMILES string of the molecule is O=C(NCCCc1c[nH]c2ccccc12)NC[C@@H]1CCOC1. The van der Waals surface area contributed by atoms with Crippen molar-refractivity contribution in [3.8, 4) is 0 Å². The van der Waals surface area contributed by atoms with Crippen LogP contribution >= 0.6 is 0 Å². The number of ether oxygens (including phenoxy) is 1. The quantitative estimate of drug-likeness (QED) is 0.717. The van der Waals surface area contributed by atoms with Crippen LogP contribution < -0.4 is 10.6 Å². The van der Waals surface area contributed by atoms with Crippen LogP contribution in [-0.4, -0.2) is 37.3 Å². The molecule has 118 valence electrons. The average Bonchev–Trinajstić information content (AvgIpc) is 3.19. The van der Waals surface area contributed by atoms with Crippen LogP contribution in [0.15, 0.2) is 30.5 Å². The number of hydrogen-bond acceptors (Lipinski definition) is 2. The number of aryl methyl sites for hydroxylation is 1. The molecule has 1 aliphatic rings. The number of fused-ring (bicyclic) bond motifs is 1. The predicted molar refractivity (Wildman–Crippen MR) is 86.9 cm³/mol. The van der Waals surface area contributed by atoms with E-state index in [1.165, 1.54) is 16.5 Å². The van der Waals surface area contributed by atoms with Gasteiger partial charge in [-0.15, -0.1) is 0 Å². The highest BCUT2D eigenvalue weighted by molar-refractivity contribution is 5.83. The summed E-state index contributed by atoms with van der Waals surface area (Å²) in [5.41, 5.74) is 2.47. The summed E-state index contributed by atoms with van der Waals surface area (Å²) in [6.07, 6.45) is 4.99. The van der Waals surface area contributed by atoms with Crippen molar-refractivity contribution < 1.29 is 9.53 Å². The fourth-order valence-corrected chi connectivity index (χ4v) is 2.86. The Bertz CT molecular complexity index is 617. The summed E-state index contributed by atoms with van der Waals surface area (Å²) >= 11 is 0. The van der Waals surface area contributed by atoms with Crippen LogP contribution in [0.5, 0.6) is 0 Å². The molecule has 0 radical (unpaired) electrons. The van der Waals surface area contributed by atoms with Crippen LogP contribution in [0, 0.1) is 5.92 Å². The largest absolute Gasteiger partial charge is 0.381 e. The molecule has 0 spiro atoms. The number of rotatable bonds is 6. The number of aromatic amines is 1. The summed E-state index contributed by atoms with van der Waals surface area (Å²) in [4.78, 5) is 15.0. The number of amides is 2. The number of nitrogens with one attached hydrogen (secondary N) is 3. The van der Waals surface area contributed by atoms with Crippen LogP contribution in [0.4, 0.5) is 4.79 Å². The molecule has 0 saturated carbocycles. The van der Waals surface area contributed by atoms with Crippen LogP contribution in [-0.2, 0) is 11.2 Å². The van der Waals surface area contributed by atoms with Gasteiger partial charge in [0.2, 0.25) is 0 Å². The van der Waals surface area contributed by atoms with Crippen molar-refractivity contribution in [1.29, 1.82) is 0 Å². The zero-order valence-corrected chi connectivity index (χ0v) is 12.7. The highest BCUT2D eigenvalue weighted by Gasteiger charge is 2.15. The number of urea groups is 1. The molecule has 1 saturated heterocycles. The summed E-state index contributed by atoms with van der Waals surface area (Å²) < 4.78 is 5.29. The van der Waals surface area contributed by atoms with Crippen molar-refractivity contribution >= 4 is 16.9 Å². The molecule has 2 aromatic rings. The summed E-state index contributed by atoms with van der Waals surface area (Å²) in [5.74, 6) is 0.469. The van der Waals surface area contributed by atoms with E-state index in [4.69, 9.17) is 4.74 Å². The standard InChI is InChI=1S/C17H23N3O2/c21-17(20-10-13-7-9-22-12-13)18-8-3-4-14-11-19-16-6-2-1-5-15(14)16/h1-2,5-6,11,13,19H,3-4,7-10,12H2,(H2,18,20,21)/t13-/m0/s1. The van der Waals surface area contributed by atoms with Gasteiger partial charge in [0.15, 0.2) is 0 Å². The molecule has 0 bridgehead atoms. The Balaban J connectivity index is 1.35. The Kier molecular flexibility index (Phi) is 4.96. The number of hydrogen-bond donors (Lipinski definition) is 3. The van der Waals surface area contributed by atoms with Crippen molar-refractivity contribution in [1.82, 2.24) is 15.6 Å².